The number of aryl methyl sites for hydroxylation is 1. The molecule has 0 atom stereocenters. The number of aromatic nitrogens is 4. The molecule has 2 aromatic heterocycles. The molecule has 0 unspecified atom stereocenters. The Balaban J connectivity index is 1.57. The van der Waals surface area contributed by atoms with Gasteiger partial charge in [-0.1, -0.05) is 54.6 Å². The van der Waals surface area contributed by atoms with Crippen molar-refractivity contribution in [1.82, 2.24) is 19.5 Å². The van der Waals surface area contributed by atoms with Gasteiger partial charge < -0.3 is 14.8 Å². The summed E-state index contributed by atoms with van der Waals surface area (Å²) in [6, 6.07) is 19.0. The maximum Gasteiger partial charge on any atom is 0.229 e. The molecule has 0 spiro atoms. The normalized spacial score (nSPS) is 11.0. The Kier molecular flexibility index (Phi) is 5.42. The van der Waals surface area contributed by atoms with Crippen LogP contribution in [0.3, 0.4) is 0 Å². The Bertz CT molecular complexity index is 1080. The molecule has 148 valence electrons. The van der Waals surface area contributed by atoms with Gasteiger partial charge in [0.25, 0.3) is 0 Å². The fourth-order valence-corrected chi connectivity index (χ4v) is 3.40. The number of fused-ring (bicyclic) bond motifs is 1. The molecular formula is C23H26N6. The summed E-state index contributed by atoms with van der Waals surface area (Å²) in [5.74, 6) is 1.50. The van der Waals surface area contributed by atoms with Crippen molar-refractivity contribution >= 4 is 22.9 Å². The maximum absolute atomic E-state index is 4.76. The van der Waals surface area contributed by atoms with Crippen LogP contribution >= 0.6 is 0 Å². The number of hydrogen-bond donors (Lipinski definition) is 1. The molecule has 4 rings (SSSR count). The molecule has 0 aliphatic heterocycles. The Labute approximate surface area is 171 Å². The second-order valence-electron chi connectivity index (χ2n) is 6.99. The number of nitrogens with zero attached hydrogens (tertiary/aromatic N) is 5. The molecule has 29 heavy (non-hydrogen) atoms. The molecule has 0 saturated carbocycles. The lowest BCUT2D eigenvalue weighted by atomic mass is 10.0. The summed E-state index contributed by atoms with van der Waals surface area (Å²) in [6.07, 6.45) is 1.78. The first kappa shape index (κ1) is 18.9. The van der Waals surface area contributed by atoms with E-state index in [9.17, 15) is 0 Å². The van der Waals surface area contributed by atoms with E-state index in [-0.39, 0.29) is 0 Å². The Morgan fingerprint density at radius 2 is 1.59 bits per heavy atom. The Morgan fingerprint density at radius 3 is 2.28 bits per heavy atom. The van der Waals surface area contributed by atoms with Crippen molar-refractivity contribution in [1.29, 1.82) is 0 Å². The summed E-state index contributed by atoms with van der Waals surface area (Å²) in [4.78, 5) is 16.1. The second kappa shape index (κ2) is 8.31. The zero-order valence-corrected chi connectivity index (χ0v) is 17.1. The molecule has 2 heterocycles. The number of imidazole rings is 1. The fraction of sp³-hybridized carbons (Fsp3) is 0.261. The molecule has 0 saturated heterocycles. The van der Waals surface area contributed by atoms with Gasteiger partial charge in [-0.15, -0.1) is 0 Å². The highest BCUT2D eigenvalue weighted by molar-refractivity contribution is 5.84. The number of benzene rings is 2. The van der Waals surface area contributed by atoms with E-state index in [4.69, 9.17) is 9.97 Å². The third kappa shape index (κ3) is 3.92. The third-order valence-corrected chi connectivity index (χ3v) is 5.12. The fourth-order valence-electron chi connectivity index (χ4n) is 3.40. The minimum atomic E-state index is 0.676. The lowest BCUT2D eigenvalue weighted by molar-refractivity contribution is 0.820. The van der Waals surface area contributed by atoms with E-state index in [0.29, 0.717) is 6.54 Å². The molecule has 0 fully saturated rings. The monoisotopic (exact) mass is 386 g/mol. The summed E-state index contributed by atoms with van der Waals surface area (Å²) in [5, 5.41) is 3.47. The summed E-state index contributed by atoms with van der Waals surface area (Å²) in [7, 11) is 1.96. The topological polar surface area (TPSA) is 58.9 Å². The minimum Gasteiger partial charge on any atom is -0.364 e. The van der Waals surface area contributed by atoms with Crippen LogP contribution in [0.1, 0.15) is 19.4 Å². The van der Waals surface area contributed by atoms with E-state index in [2.05, 4.69) is 77.6 Å². The summed E-state index contributed by atoms with van der Waals surface area (Å²) in [6.45, 7) is 6.62. The van der Waals surface area contributed by atoms with Crippen molar-refractivity contribution < 1.29 is 0 Å². The van der Waals surface area contributed by atoms with Gasteiger partial charge in [-0.25, -0.2) is 4.98 Å². The van der Waals surface area contributed by atoms with Crippen LogP contribution in [0, 0.1) is 0 Å². The SMILES string of the molecule is CCN(CC)c1nc(NCc2ccc(-c3ccccc3)cc2)c2ncn(C)c2n1. The quantitative estimate of drug-likeness (QED) is 0.507. The van der Waals surface area contributed by atoms with Crippen LogP contribution in [0.2, 0.25) is 0 Å². The smallest absolute Gasteiger partial charge is 0.229 e. The minimum absolute atomic E-state index is 0.676. The molecule has 0 bridgehead atoms. The van der Waals surface area contributed by atoms with Crippen molar-refractivity contribution in [2.24, 2.45) is 7.05 Å². The number of rotatable bonds is 7. The van der Waals surface area contributed by atoms with Crippen LogP contribution in [-0.4, -0.2) is 32.6 Å². The molecule has 0 aliphatic rings. The van der Waals surface area contributed by atoms with Gasteiger partial charge in [-0.2, -0.15) is 9.97 Å². The van der Waals surface area contributed by atoms with Gasteiger partial charge in [0.2, 0.25) is 5.95 Å². The van der Waals surface area contributed by atoms with Gasteiger partial charge in [0, 0.05) is 26.7 Å². The number of hydrogen-bond acceptors (Lipinski definition) is 5. The largest absolute Gasteiger partial charge is 0.364 e. The zero-order valence-electron chi connectivity index (χ0n) is 17.1. The van der Waals surface area contributed by atoms with Gasteiger partial charge >= 0.3 is 0 Å². The van der Waals surface area contributed by atoms with Crippen molar-refractivity contribution in [3.63, 3.8) is 0 Å². The summed E-state index contributed by atoms with van der Waals surface area (Å²) in [5.41, 5.74) is 5.26. The molecule has 0 aliphatic carbocycles. The highest BCUT2D eigenvalue weighted by Crippen LogP contribution is 2.23. The first-order valence-corrected chi connectivity index (χ1v) is 10.0. The van der Waals surface area contributed by atoms with Crippen LogP contribution in [0.4, 0.5) is 11.8 Å². The average Bonchev–Trinajstić information content (AvgIpc) is 3.15. The van der Waals surface area contributed by atoms with E-state index in [0.717, 1.165) is 36.0 Å². The van der Waals surface area contributed by atoms with E-state index < -0.39 is 0 Å². The van der Waals surface area contributed by atoms with Gasteiger partial charge in [0.1, 0.15) is 0 Å². The molecule has 4 aromatic rings. The highest BCUT2D eigenvalue weighted by Gasteiger charge is 2.15. The van der Waals surface area contributed by atoms with Crippen molar-refractivity contribution in [3.8, 4) is 11.1 Å². The predicted molar refractivity (Wildman–Crippen MR) is 119 cm³/mol. The van der Waals surface area contributed by atoms with Crippen molar-refractivity contribution in [2.45, 2.75) is 20.4 Å². The first-order valence-electron chi connectivity index (χ1n) is 10.0. The predicted octanol–water partition coefficient (Wildman–Crippen LogP) is 4.49. The van der Waals surface area contributed by atoms with Crippen molar-refractivity contribution in [2.75, 3.05) is 23.3 Å². The highest BCUT2D eigenvalue weighted by atomic mass is 15.3. The van der Waals surface area contributed by atoms with Gasteiger partial charge in [-0.3, -0.25) is 0 Å². The van der Waals surface area contributed by atoms with Gasteiger partial charge in [0.05, 0.1) is 6.33 Å². The lowest BCUT2D eigenvalue weighted by Gasteiger charge is -2.19. The number of anilines is 2. The van der Waals surface area contributed by atoms with Crippen LogP contribution < -0.4 is 10.2 Å². The molecule has 0 radical (unpaired) electrons. The standard InChI is InChI=1S/C23H26N6/c1-4-29(5-2)23-26-21(20-22(27-23)28(3)16-25-20)24-15-17-11-13-19(14-12-17)18-9-7-6-8-10-18/h6-14,16H,4-5,15H2,1-3H3,(H,24,26,27). The summed E-state index contributed by atoms with van der Waals surface area (Å²) < 4.78 is 1.93. The zero-order chi connectivity index (χ0) is 20.2. The second-order valence-corrected chi connectivity index (χ2v) is 6.99. The molecule has 6 heteroatoms. The van der Waals surface area contributed by atoms with Crippen LogP contribution in [0.15, 0.2) is 60.9 Å². The molecule has 6 nitrogen and oxygen atoms in total. The van der Waals surface area contributed by atoms with Crippen molar-refractivity contribution in [3.05, 3.63) is 66.5 Å². The first-order chi connectivity index (χ1) is 14.2. The molecule has 0 amide bonds. The van der Waals surface area contributed by atoms with Gasteiger partial charge in [0.15, 0.2) is 17.0 Å². The average molecular weight is 387 g/mol. The maximum atomic E-state index is 4.76. The van der Waals surface area contributed by atoms with Crippen LogP contribution in [0.5, 0.6) is 0 Å². The molecule has 1 N–H and O–H groups in total. The molecular weight excluding hydrogens is 360 g/mol. The summed E-state index contributed by atoms with van der Waals surface area (Å²) >= 11 is 0. The number of nitrogens with one attached hydrogen (secondary N) is 1. The van der Waals surface area contributed by atoms with E-state index in [1.807, 2.05) is 17.7 Å². The van der Waals surface area contributed by atoms with Crippen LogP contribution in [-0.2, 0) is 13.6 Å². The van der Waals surface area contributed by atoms with E-state index >= 15 is 0 Å². The lowest BCUT2D eigenvalue weighted by Crippen LogP contribution is -2.24. The van der Waals surface area contributed by atoms with E-state index in [1.54, 1.807) is 6.33 Å². The van der Waals surface area contributed by atoms with E-state index in [1.165, 1.54) is 16.7 Å². The Hall–Kier alpha value is -3.41. The van der Waals surface area contributed by atoms with Crippen LogP contribution in [0.25, 0.3) is 22.3 Å². The Morgan fingerprint density at radius 1 is 0.897 bits per heavy atom. The van der Waals surface area contributed by atoms with Gasteiger partial charge in [-0.05, 0) is 30.5 Å². The third-order valence-electron chi connectivity index (χ3n) is 5.12. The molecule has 2 aromatic carbocycles.